The number of nitrogens with zero attached hydrogens (tertiary/aromatic N) is 1. The second kappa shape index (κ2) is 6.34. The molecule has 1 aliphatic heterocycles. The van der Waals surface area contributed by atoms with Crippen LogP contribution in [0.4, 0.5) is 4.79 Å². The smallest absolute Gasteiger partial charge is 0.321 e. The van der Waals surface area contributed by atoms with Gasteiger partial charge in [0.2, 0.25) is 5.91 Å². The minimum Gasteiger partial charge on any atom is -0.341 e. The molecule has 0 aromatic carbocycles. The van der Waals surface area contributed by atoms with Crippen LogP contribution in [0.2, 0.25) is 0 Å². The first kappa shape index (κ1) is 13.6. The van der Waals surface area contributed by atoms with Crippen LogP contribution in [-0.4, -0.2) is 49.3 Å². The molecule has 96 valence electrons. The molecule has 0 saturated carbocycles. The second-order valence-corrected chi connectivity index (χ2v) is 4.28. The second-order valence-electron chi connectivity index (χ2n) is 4.28. The van der Waals surface area contributed by atoms with Gasteiger partial charge in [0.05, 0.1) is 6.04 Å². The van der Waals surface area contributed by atoms with Gasteiger partial charge < -0.3 is 10.1 Å². The van der Waals surface area contributed by atoms with Crippen molar-refractivity contribution < 1.29 is 14.4 Å². The normalized spacial score (nSPS) is 22.6. The van der Waals surface area contributed by atoms with Crippen molar-refractivity contribution in [1.29, 1.82) is 0 Å². The number of nitrogens with one attached hydrogen (secondary N) is 2. The maximum absolute atomic E-state index is 11.7. The topological polar surface area (TPSA) is 78.5 Å². The van der Waals surface area contributed by atoms with Gasteiger partial charge in [-0.15, -0.1) is 0 Å². The van der Waals surface area contributed by atoms with Crippen LogP contribution in [0.3, 0.4) is 0 Å². The molecular weight excluding hydrogens is 222 g/mol. The lowest BCUT2D eigenvalue weighted by Gasteiger charge is -2.33. The fourth-order valence-corrected chi connectivity index (χ4v) is 1.95. The average molecular weight is 241 g/mol. The molecule has 2 atom stereocenters. The average Bonchev–Trinajstić information content (AvgIpc) is 2.37. The van der Waals surface area contributed by atoms with Crippen molar-refractivity contribution in [3.8, 4) is 0 Å². The van der Waals surface area contributed by atoms with E-state index in [0.29, 0.717) is 6.54 Å². The van der Waals surface area contributed by atoms with Crippen LogP contribution in [0.25, 0.3) is 0 Å². The number of imide groups is 1. The molecule has 0 spiro atoms. The van der Waals surface area contributed by atoms with E-state index in [2.05, 4.69) is 10.6 Å². The SMILES string of the molecule is CNC(=O)NC(=O)C(C)N1CCCC(C=O)C1. The van der Waals surface area contributed by atoms with Gasteiger partial charge in [-0.05, 0) is 26.3 Å². The van der Waals surface area contributed by atoms with Gasteiger partial charge in [-0.3, -0.25) is 15.0 Å². The van der Waals surface area contributed by atoms with Crippen molar-refractivity contribution in [3.63, 3.8) is 0 Å². The Kier molecular flexibility index (Phi) is 5.09. The Morgan fingerprint density at radius 1 is 1.47 bits per heavy atom. The first-order chi connectivity index (χ1) is 8.08. The maximum Gasteiger partial charge on any atom is 0.321 e. The largest absolute Gasteiger partial charge is 0.341 e. The summed E-state index contributed by atoms with van der Waals surface area (Å²) >= 11 is 0. The molecule has 3 amide bonds. The standard InChI is InChI=1S/C11H19N3O3/c1-8(10(16)13-11(17)12-2)14-5-3-4-9(6-14)7-15/h7-9H,3-6H2,1-2H3,(H2,12,13,16,17). The summed E-state index contributed by atoms with van der Waals surface area (Å²) in [6.45, 7) is 3.12. The van der Waals surface area contributed by atoms with E-state index >= 15 is 0 Å². The number of hydrogen-bond donors (Lipinski definition) is 2. The Morgan fingerprint density at radius 2 is 2.18 bits per heavy atom. The van der Waals surface area contributed by atoms with Crippen LogP contribution in [0.15, 0.2) is 0 Å². The highest BCUT2D eigenvalue weighted by molar-refractivity contribution is 5.96. The molecule has 0 radical (unpaired) electrons. The molecular formula is C11H19N3O3. The first-order valence-corrected chi connectivity index (χ1v) is 5.80. The number of urea groups is 1. The molecule has 0 aromatic rings. The van der Waals surface area contributed by atoms with Gasteiger partial charge in [-0.25, -0.2) is 4.79 Å². The fraction of sp³-hybridized carbons (Fsp3) is 0.727. The summed E-state index contributed by atoms with van der Waals surface area (Å²) in [5.41, 5.74) is 0. The molecule has 0 aromatic heterocycles. The van der Waals surface area contributed by atoms with Crippen molar-refractivity contribution in [2.75, 3.05) is 20.1 Å². The monoisotopic (exact) mass is 241 g/mol. The molecule has 1 heterocycles. The third-order valence-corrected chi connectivity index (χ3v) is 3.07. The number of hydrogen-bond acceptors (Lipinski definition) is 4. The molecule has 1 fully saturated rings. The molecule has 6 nitrogen and oxygen atoms in total. The van der Waals surface area contributed by atoms with Crippen LogP contribution < -0.4 is 10.6 Å². The fourth-order valence-electron chi connectivity index (χ4n) is 1.95. The summed E-state index contributed by atoms with van der Waals surface area (Å²) in [4.78, 5) is 35.4. The Hall–Kier alpha value is -1.43. The van der Waals surface area contributed by atoms with Gasteiger partial charge >= 0.3 is 6.03 Å². The Balaban J connectivity index is 2.50. The summed E-state index contributed by atoms with van der Waals surface area (Å²) in [6.07, 6.45) is 2.72. The van der Waals surface area contributed by atoms with Crippen LogP contribution >= 0.6 is 0 Å². The van der Waals surface area contributed by atoms with Gasteiger partial charge in [-0.2, -0.15) is 0 Å². The van der Waals surface area contributed by atoms with E-state index in [4.69, 9.17) is 0 Å². The van der Waals surface area contributed by atoms with Gasteiger partial charge in [0.1, 0.15) is 6.29 Å². The third kappa shape index (κ3) is 3.81. The van der Waals surface area contributed by atoms with Crippen molar-refractivity contribution in [3.05, 3.63) is 0 Å². The van der Waals surface area contributed by atoms with E-state index in [0.717, 1.165) is 25.7 Å². The van der Waals surface area contributed by atoms with Gasteiger partial charge in [0.25, 0.3) is 0 Å². The highest BCUT2D eigenvalue weighted by Crippen LogP contribution is 2.16. The lowest BCUT2D eigenvalue weighted by molar-refractivity contribution is -0.126. The summed E-state index contributed by atoms with van der Waals surface area (Å²) < 4.78 is 0. The highest BCUT2D eigenvalue weighted by Gasteiger charge is 2.27. The first-order valence-electron chi connectivity index (χ1n) is 5.80. The summed E-state index contributed by atoms with van der Waals surface area (Å²) in [7, 11) is 1.45. The van der Waals surface area contributed by atoms with Gasteiger partial charge in [0.15, 0.2) is 0 Å². The van der Waals surface area contributed by atoms with Gasteiger partial charge in [0, 0.05) is 19.5 Å². The van der Waals surface area contributed by atoms with Gasteiger partial charge in [-0.1, -0.05) is 0 Å². The number of rotatable bonds is 3. The number of carbonyl (C=O) groups is 3. The minimum atomic E-state index is -0.509. The zero-order valence-electron chi connectivity index (χ0n) is 10.2. The zero-order chi connectivity index (χ0) is 12.8. The number of likely N-dealkylation sites (tertiary alicyclic amines) is 1. The van der Waals surface area contributed by atoms with Crippen LogP contribution in [0, 0.1) is 5.92 Å². The van der Waals surface area contributed by atoms with Crippen molar-refractivity contribution in [2.24, 2.45) is 5.92 Å². The molecule has 6 heteroatoms. The van der Waals surface area contributed by atoms with Crippen molar-refractivity contribution in [2.45, 2.75) is 25.8 Å². The molecule has 17 heavy (non-hydrogen) atoms. The highest BCUT2D eigenvalue weighted by atomic mass is 16.2. The van der Waals surface area contributed by atoms with Crippen LogP contribution in [0.5, 0.6) is 0 Å². The Bertz CT molecular complexity index is 306. The lowest BCUT2D eigenvalue weighted by atomic mass is 9.98. The predicted molar refractivity (Wildman–Crippen MR) is 62.4 cm³/mol. The van der Waals surface area contributed by atoms with Crippen molar-refractivity contribution in [1.82, 2.24) is 15.5 Å². The Labute approximate surface area is 101 Å². The van der Waals surface area contributed by atoms with E-state index < -0.39 is 12.1 Å². The predicted octanol–water partition coefficient (Wildman–Crippen LogP) is -0.259. The number of amides is 3. The molecule has 2 N–H and O–H groups in total. The van der Waals surface area contributed by atoms with Crippen LogP contribution in [0.1, 0.15) is 19.8 Å². The molecule has 1 rings (SSSR count). The Morgan fingerprint density at radius 3 is 2.76 bits per heavy atom. The molecule has 1 aliphatic rings. The number of aldehydes is 1. The van der Waals surface area contributed by atoms with E-state index in [1.54, 1.807) is 6.92 Å². The number of piperidine rings is 1. The molecule has 0 aliphatic carbocycles. The zero-order valence-corrected chi connectivity index (χ0v) is 10.2. The lowest BCUT2D eigenvalue weighted by Crippen LogP contribution is -2.51. The van der Waals surface area contributed by atoms with Crippen molar-refractivity contribution >= 4 is 18.2 Å². The molecule has 2 unspecified atom stereocenters. The number of carbonyl (C=O) groups excluding carboxylic acids is 3. The minimum absolute atomic E-state index is 0.000924. The quantitative estimate of drug-likeness (QED) is 0.667. The van der Waals surface area contributed by atoms with Crippen LogP contribution in [-0.2, 0) is 9.59 Å². The summed E-state index contributed by atoms with van der Waals surface area (Å²) in [5, 5.41) is 4.57. The summed E-state index contributed by atoms with van der Waals surface area (Å²) in [6, 6.07) is -0.902. The van der Waals surface area contributed by atoms with E-state index in [1.165, 1.54) is 7.05 Å². The third-order valence-electron chi connectivity index (χ3n) is 3.07. The van der Waals surface area contributed by atoms with E-state index in [1.807, 2.05) is 4.90 Å². The molecule has 0 bridgehead atoms. The maximum atomic E-state index is 11.7. The molecule has 1 saturated heterocycles. The summed E-state index contributed by atoms with van der Waals surface area (Å²) in [5.74, 6) is -0.338. The van der Waals surface area contributed by atoms with E-state index in [-0.39, 0.29) is 11.8 Å². The van der Waals surface area contributed by atoms with E-state index in [9.17, 15) is 14.4 Å².